The van der Waals surface area contributed by atoms with Crippen LogP contribution in [0.3, 0.4) is 0 Å². The fourth-order valence-corrected chi connectivity index (χ4v) is 8.92. The first-order valence-electron chi connectivity index (χ1n) is 21.2. The Kier molecular flexibility index (Phi) is 8.79. The highest BCUT2D eigenvalue weighted by molar-refractivity contribution is 6.07. The van der Waals surface area contributed by atoms with Crippen molar-refractivity contribution in [1.82, 2.24) is 4.98 Å². The standard InChI is InChI=1S/C59H38N2O2/c1-3-11-39(12-4-1)41-19-25-48(26-20-41)61(49-27-21-42(22-28-49)40-13-5-2-6-14-40)50-29-30-55(60-38-50)47-34-45(43-23-31-58-53(36-43)51-15-7-9-17-56(51)62-58)33-46(35-47)44-24-32-59-54(37-44)52-16-8-10-18-57(52)63-59/h1-38H. The van der Waals surface area contributed by atoms with E-state index in [0.717, 1.165) is 94.5 Å². The number of fused-ring (bicyclic) bond motifs is 6. The van der Waals surface area contributed by atoms with Gasteiger partial charge in [-0.05, 0) is 136 Å². The smallest absolute Gasteiger partial charge is 0.135 e. The van der Waals surface area contributed by atoms with Crippen LogP contribution in [0.5, 0.6) is 0 Å². The molecule has 4 nitrogen and oxygen atoms in total. The molecular formula is C59H38N2O2. The van der Waals surface area contributed by atoms with Crippen molar-refractivity contribution in [3.05, 3.63) is 231 Å². The van der Waals surface area contributed by atoms with E-state index in [-0.39, 0.29) is 0 Å². The number of hydrogen-bond donors (Lipinski definition) is 0. The lowest BCUT2D eigenvalue weighted by Crippen LogP contribution is -2.10. The minimum Gasteiger partial charge on any atom is -0.456 e. The predicted molar refractivity (Wildman–Crippen MR) is 261 cm³/mol. The largest absolute Gasteiger partial charge is 0.456 e. The van der Waals surface area contributed by atoms with E-state index in [2.05, 4.69) is 205 Å². The molecule has 0 N–H and O–H groups in total. The third-order valence-corrected chi connectivity index (χ3v) is 12.1. The fraction of sp³-hybridized carbons (Fsp3) is 0. The lowest BCUT2D eigenvalue weighted by molar-refractivity contribution is 0.668. The monoisotopic (exact) mass is 806 g/mol. The molecule has 12 aromatic rings. The molecule has 0 atom stereocenters. The first kappa shape index (κ1) is 36.4. The number of aromatic nitrogens is 1. The summed E-state index contributed by atoms with van der Waals surface area (Å²) in [5, 5.41) is 4.40. The first-order valence-corrected chi connectivity index (χ1v) is 21.2. The third-order valence-electron chi connectivity index (χ3n) is 12.1. The van der Waals surface area contributed by atoms with Crippen LogP contribution in [0, 0.1) is 0 Å². The van der Waals surface area contributed by atoms with Gasteiger partial charge in [0.25, 0.3) is 0 Å². The van der Waals surface area contributed by atoms with E-state index < -0.39 is 0 Å². The van der Waals surface area contributed by atoms with Crippen molar-refractivity contribution in [2.75, 3.05) is 4.90 Å². The van der Waals surface area contributed by atoms with Gasteiger partial charge in [0.1, 0.15) is 22.3 Å². The van der Waals surface area contributed by atoms with Crippen LogP contribution in [0.15, 0.2) is 239 Å². The van der Waals surface area contributed by atoms with Crippen molar-refractivity contribution in [2.24, 2.45) is 0 Å². The summed E-state index contributed by atoms with van der Waals surface area (Å²) in [6.45, 7) is 0. The molecule has 0 fully saturated rings. The normalized spacial score (nSPS) is 11.5. The Hall–Kier alpha value is -8.47. The fourth-order valence-electron chi connectivity index (χ4n) is 8.92. The summed E-state index contributed by atoms with van der Waals surface area (Å²) in [5.74, 6) is 0. The molecule has 0 radical (unpaired) electrons. The number of benzene rings is 9. The van der Waals surface area contributed by atoms with E-state index in [4.69, 9.17) is 13.8 Å². The highest BCUT2D eigenvalue weighted by Crippen LogP contribution is 2.40. The summed E-state index contributed by atoms with van der Waals surface area (Å²) in [4.78, 5) is 7.49. The minimum atomic E-state index is 0.875. The molecule has 0 spiro atoms. The van der Waals surface area contributed by atoms with Gasteiger partial charge >= 0.3 is 0 Å². The van der Waals surface area contributed by atoms with E-state index in [1.807, 2.05) is 30.5 Å². The van der Waals surface area contributed by atoms with Crippen LogP contribution in [0.4, 0.5) is 17.1 Å². The Morgan fingerprint density at radius 1 is 0.270 bits per heavy atom. The second kappa shape index (κ2) is 15.2. The summed E-state index contributed by atoms with van der Waals surface area (Å²) in [6.07, 6.45) is 1.99. The summed E-state index contributed by atoms with van der Waals surface area (Å²) in [5.41, 5.74) is 17.6. The number of nitrogens with zero attached hydrogens (tertiary/aromatic N) is 2. The summed E-state index contributed by atoms with van der Waals surface area (Å²) >= 11 is 0. The zero-order valence-electron chi connectivity index (χ0n) is 34.2. The summed E-state index contributed by atoms with van der Waals surface area (Å²) in [7, 11) is 0. The number of pyridine rings is 1. The minimum absolute atomic E-state index is 0.875. The molecule has 3 aromatic heterocycles. The average molecular weight is 807 g/mol. The van der Waals surface area contributed by atoms with E-state index in [1.165, 1.54) is 22.3 Å². The van der Waals surface area contributed by atoms with Crippen molar-refractivity contribution < 1.29 is 8.83 Å². The molecule has 0 amide bonds. The molecule has 0 aliphatic carbocycles. The maximum atomic E-state index is 6.22. The molecule has 0 aliphatic rings. The van der Waals surface area contributed by atoms with Gasteiger partial charge in [-0.2, -0.15) is 0 Å². The second-order valence-corrected chi connectivity index (χ2v) is 16.0. The lowest BCUT2D eigenvalue weighted by atomic mass is 9.93. The van der Waals surface area contributed by atoms with Gasteiger partial charge in [-0.3, -0.25) is 4.98 Å². The number of anilines is 3. The highest BCUT2D eigenvalue weighted by atomic mass is 16.3. The van der Waals surface area contributed by atoms with Crippen LogP contribution < -0.4 is 4.90 Å². The highest BCUT2D eigenvalue weighted by Gasteiger charge is 2.17. The molecule has 12 rings (SSSR count). The SMILES string of the molecule is c1ccc(-c2ccc(N(c3ccc(-c4ccccc4)cc3)c3ccc(-c4cc(-c5ccc6oc7ccccc7c6c5)cc(-c5ccc6oc7ccccc7c6c5)c4)nc3)cc2)cc1. The van der Waals surface area contributed by atoms with Crippen molar-refractivity contribution in [1.29, 1.82) is 0 Å². The van der Waals surface area contributed by atoms with Gasteiger partial charge in [-0.25, -0.2) is 0 Å². The van der Waals surface area contributed by atoms with Gasteiger partial charge in [0.05, 0.1) is 17.6 Å². The van der Waals surface area contributed by atoms with Crippen LogP contribution >= 0.6 is 0 Å². The number of rotatable bonds is 8. The van der Waals surface area contributed by atoms with E-state index >= 15 is 0 Å². The molecular weight excluding hydrogens is 769 g/mol. The molecule has 9 aromatic carbocycles. The third kappa shape index (κ3) is 6.71. The maximum Gasteiger partial charge on any atom is 0.135 e. The van der Waals surface area contributed by atoms with E-state index in [0.29, 0.717) is 0 Å². The summed E-state index contributed by atoms with van der Waals surface area (Å²) in [6, 6.07) is 79.1. The molecule has 63 heavy (non-hydrogen) atoms. The average Bonchev–Trinajstić information content (AvgIpc) is 3.93. The Morgan fingerprint density at radius 2 is 0.667 bits per heavy atom. The summed E-state index contributed by atoms with van der Waals surface area (Å²) < 4.78 is 12.4. The maximum absolute atomic E-state index is 6.22. The molecule has 0 bridgehead atoms. The predicted octanol–water partition coefficient (Wildman–Crippen LogP) is 16.7. The Balaban J connectivity index is 0.970. The van der Waals surface area contributed by atoms with Crippen LogP contribution in [0.2, 0.25) is 0 Å². The molecule has 0 saturated heterocycles. The second-order valence-electron chi connectivity index (χ2n) is 16.0. The van der Waals surface area contributed by atoms with Crippen molar-refractivity contribution in [3.8, 4) is 55.8 Å². The van der Waals surface area contributed by atoms with Gasteiger partial charge in [-0.1, -0.05) is 133 Å². The van der Waals surface area contributed by atoms with Crippen LogP contribution in [0.25, 0.3) is 99.6 Å². The zero-order valence-corrected chi connectivity index (χ0v) is 34.2. The van der Waals surface area contributed by atoms with Gasteiger partial charge in [-0.15, -0.1) is 0 Å². The van der Waals surface area contributed by atoms with E-state index in [9.17, 15) is 0 Å². The zero-order chi connectivity index (χ0) is 41.7. The van der Waals surface area contributed by atoms with Gasteiger partial charge < -0.3 is 13.7 Å². The van der Waals surface area contributed by atoms with Crippen LogP contribution in [-0.2, 0) is 0 Å². The van der Waals surface area contributed by atoms with Gasteiger partial charge in [0.2, 0.25) is 0 Å². The van der Waals surface area contributed by atoms with Crippen molar-refractivity contribution in [3.63, 3.8) is 0 Å². The van der Waals surface area contributed by atoms with Crippen molar-refractivity contribution >= 4 is 60.9 Å². The Labute approximate surface area is 364 Å². The van der Waals surface area contributed by atoms with Gasteiger partial charge in [0, 0.05) is 38.5 Å². The number of para-hydroxylation sites is 2. The lowest BCUT2D eigenvalue weighted by Gasteiger charge is -2.26. The first-order chi connectivity index (χ1) is 31.2. The number of hydrogen-bond acceptors (Lipinski definition) is 4. The van der Waals surface area contributed by atoms with Crippen LogP contribution in [0.1, 0.15) is 0 Å². The van der Waals surface area contributed by atoms with E-state index in [1.54, 1.807) is 0 Å². The molecule has 0 unspecified atom stereocenters. The quantitative estimate of drug-likeness (QED) is 0.153. The molecule has 0 aliphatic heterocycles. The van der Waals surface area contributed by atoms with Gasteiger partial charge in [0.15, 0.2) is 0 Å². The Morgan fingerprint density at radius 3 is 1.14 bits per heavy atom. The van der Waals surface area contributed by atoms with Crippen molar-refractivity contribution in [2.45, 2.75) is 0 Å². The van der Waals surface area contributed by atoms with Crippen LogP contribution in [-0.4, -0.2) is 4.98 Å². The molecule has 3 heterocycles. The Bertz CT molecular complexity index is 3370. The number of furan rings is 2. The molecule has 4 heteroatoms. The molecule has 0 saturated carbocycles. The topological polar surface area (TPSA) is 42.4 Å². The molecule has 296 valence electrons.